The minimum Gasteiger partial charge on any atom is -0.748 e. The molecule has 0 radical (unpaired) electrons. The molecule has 0 aromatic rings. The molecule has 0 aliphatic carbocycles. The van der Waals surface area contributed by atoms with E-state index in [2.05, 4.69) is 0 Å². The summed E-state index contributed by atoms with van der Waals surface area (Å²) in [6.07, 6.45) is 1.51. The summed E-state index contributed by atoms with van der Waals surface area (Å²) in [6, 6.07) is 0. The van der Waals surface area contributed by atoms with Crippen molar-refractivity contribution >= 4 is 10.1 Å². The molecule has 0 amide bonds. The van der Waals surface area contributed by atoms with E-state index in [0.717, 1.165) is 0 Å². The molecule has 0 saturated heterocycles. The van der Waals surface area contributed by atoms with E-state index in [1.807, 2.05) is 0 Å². The van der Waals surface area contributed by atoms with Crippen LogP contribution in [-0.4, -0.2) is 30.4 Å². The van der Waals surface area contributed by atoms with E-state index in [1.54, 1.807) is 0 Å². The number of aliphatic hydroxyl groups is 1. The minimum absolute atomic E-state index is 0. The van der Waals surface area contributed by atoms with Crippen LogP contribution in [0.3, 0.4) is 0 Å². The zero-order chi connectivity index (χ0) is 8.04. The van der Waals surface area contributed by atoms with Crippen LogP contribution in [0.4, 0.5) is 0 Å². The van der Waals surface area contributed by atoms with Crippen molar-refractivity contribution in [2.75, 3.05) is 12.4 Å². The quantitative estimate of drug-likeness (QED) is 0.290. The van der Waals surface area contributed by atoms with Crippen molar-refractivity contribution in [2.24, 2.45) is 0 Å². The van der Waals surface area contributed by atoms with Crippen molar-refractivity contribution in [1.82, 2.24) is 0 Å². The molecule has 11 heavy (non-hydrogen) atoms. The Balaban J connectivity index is 0. The third-order valence-electron chi connectivity index (χ3n) is 1.05. The molecule has 0 rings (SSSR count). The third kappa shape index (κ3) is 14.4. The Hall–Kier alpha value is 1.51. The smallest absolute Gasteiger partial charge is 0.748 e. The van der Waals surface area contributed by atoms with E-state index in [9.17, 15) is 13.0 Å². The molecule has 6 heteroatoms. The first-order chi connectivity index (χ1) is 4.56. The van der Waals surface area contributed by atoms with Crippen molar-refractivity contribution in [1.29, 1.82) is 0 Å². The van der Waals surface area contributed by atoms with Crippen molar-refractivity contribution in [3.05, 3.63) is 0 Å². The molecule has 0 spiro atoms. The molecular weight excluding hydrogens is 195 g/mol. The van der Waals surface area contributed by atoms with Gasteiger partial charge in [-0.2, -0.15) is 0 Å². The van der Waals surface area contributed by atoms with E-state index in [-0.39, 0.29) is 63.7 Å². The summed E-state index contributed by atoms with van der Waals surface area (Å²) in [5.41, 5.74) is 0. The summed E-state index contributed by atoms with van der Waals surface area (Å²) in [5.74, 6) is -0.312. The van der Waals surface area contributed by atoms with Crippen LogP contribution < -0.4 is 51.4 Å². The summed E-state index contributed by atoms with van der Waals surface area (Å²) in [7, 11) is -4.04. The third-order valence-corrected chi connectivity index (χ3v) is 1.84. The fraction of sp³-hybridized carbons (Fsp3) is 1.00. The Kier molecular flexibility index (Phi) is 11.1. The Morgan fingerprint density at radius 1 is 1.18 bits per heavy atom. The van der Waals surface area contributed by atoms with Gasteiger partial charge in [-0.05, 0) is 12.8 Å². The molecule has 0 aromatic carbocycles. The number of hydrogen-bond acceptors (Lipinski definition) is 4. The maximum Gasteiger partial charge on any atom is 1.00 e. The van der Waals surface area contributed by atoms with Gasteiger partial charge in [-0.1, -0.05) is 6.42 Å². The molecule has 0 aliphatic heterocycles. The number of aliphatic hydroxyl groups excluding tert-OH is 1. The topological polar surface area (TPSA) is 77.4 Å². The van der Waals surface area contributed by atoms with Crippen LogP contribution in [0, 0.1) is 0 Å². The Morgan fingerprint density at radius 3 is 2.09 bits per heavy atom. The van der Waals surface area contributed by atoms with Crippen LogP contribution in [0.25, 0.3) is 0 Å². The van der Waals surface area contributed by atoms with Crippen molar-refractivity contribution in [3.63, 3.8) is 0 Å². The first-order valence-electron chi connectivity index (χ1n) is 3.10. The van der Waals surface area contributed by atoms with E-state index in [0.29, 0.717) is 19.3 Å². The molecule has 62 valence electrons. The zero-order valence-electron chi connectivity index (χ0n) is 6.62. The van der Waals surface area contributed by atoms with Gasteiger partial charge >= 0.3 is 51.4 Å². The van der Waals surface area contributed by atoms with Gasteiger partial charge in [-0.25, -0.2) is 8.42 Å². The molecule has 0 bridgehead atoms. The van der Waals surface area contributed by atoms with Crippen LogP contribution in [0.5, 0.6) is 0 Å². The Bertz CT molecular complexity index is 165. The maximum absolute atomic E-state index is 9.98. The summed E-state index contributed by atoms with van der Waals surface area (Å²) in [4.78, 5) is 0. The summed E-state index contributed by atoms with van der Waals surface area (Å²) >= 11 is 0. The molecule has 0 heterocycles. The van der Waals surface area contributed by atoms with Gasteiger partial charge in [0.1, 0.15) is 0 Å². The van der Waals surface area contributed by atoms with Gasteiger partial charge in [0.2, 0.25) is 0 Å². The zero-order valence-corrected chi connectivity index (χ0v) is 10.6. The van der Waals surface area contributed by atoms with Crippen molar-refractivity contribution in [2.45, 2.75) is 19.3 Å². The van der Waals surface area contributed by atoms with Crippen molar-refractivity contribution in [3.8, 4) is 0 Å². The predicted molar refractivity (Wildman–Crippen MR) is 35.5 cm³/mol. The van der Waals surface area contributed by atoms with Crippen LogP contribution >= 0.6 is 0 Å². The molecule has 1 N–H and O–H groups in total. The second-order valence-corrected chi connectivity index (χ2v) is 3.57. The molecule has 0 atom stereocenters. The van der Waals surface area contributed by atoms with Crippen LogP contribution in [0.1, 0.15) is 19.3 Å². The first-order valence-corrected chi connectivity index (χ1v) is 4.68. The SMILES string of the molecule is O=S(=O)([O-])CCCCCO.[K+]. The summed E-state index contributed by atoms with van der Waals surface area (Å²) in [6.45, 7) is 0.0545. The minimum atomic E-state index is -4.04. The normalized spacial score (nSPS) is 10.7. The Labute approximate surface area is 110 Å². The van der Waals surface area contributed by atoms with Crippen molar-refractivity contribution < 1.29 is 69.5 Å². The van der Waals surface area contributed by atoms with Gasteiger partial charge in [0.05, 0.1) is 10.1 Å². The Morgan fingerprint density at radius 2 is 1.73 bits per heavy atom. The maximum atomic E-state index is 9.98. The van der Waals surface area contributed by atoms with Gasteiger partial charge in [-0.3, -0.25) is 0 Å². The molecule has 0 fully saturated rings. The largest absolute Gasteiger partial charge is 1.00 e. The van der Waals surface area contributed by atoms with Gasteiger partial charge < -0.3 is 9.66 Å². The van der Waals surface area contributed by atoms with Gasteiger partial charge in [0.15, 0.2) is 0 Å². The predicted octanol–water partition coefficient (Wildman–Crippen LogP) is -3.30. The van der Waals surface area contributed by atoms with E-state index < -0.39 is 10.1 Å². The van der Waals surface area contributed by atoms with E-state index in [4.69, 9.17) is 5.11 Å². The number of hydrogen-bond donors (Lipinski definition) is 1. The number of rotatable bonds is 5. The summed E-state index contributed by atoms with van der Waals surface area (Å²) < 4.78 is 29.9. The van der Waals surface area contributed by atoms with Gasteiger partial charge in [0, 0.05) is 12.4 Å². The standard InChI is InChI=1S/C5H12O4S.K/c6-4-2-1-3-5-10(7,8)9;/h6H,1-5H2,(H,7,8,9);/q;+1/p-1. The van der Waals surface area contributed by atoms with E-state index in [1.165, 1.54) is 0 Å². The second kappa shape index (κ2) is 8.12. The molecule has 0 saturated carbocycles. The van der Waals surface area contributed by atoms with Crippen LogP contribution in [-0.2, 0) is 10.1 Å². The number of unbranched alkanes of at least 4 members (excludes halogenated alkanes) is 2. The monoisotopic (exact) mass is 206 g/mol. The second-order valence-electron chi connectivity index (χ2n) is 2.05. The fourth-order valence-electron chi connectivity index (χ4n) is 0.567. The average molecular weight is 206 g/mol. The molecular formula is C5H11KO4S. The van der Waals surface area contributed by atoms with Crippen LogP contribution in [0.2, 0.25) is 0 Å². The van der Waals surface area contributed by atoms with Crippen LogP contribution in [0.15, 0.2) is 0 Å². The molecule has 0 aromatic heterocycles. The first kappa shape index (κ1) is 15.0. The van der Waals surface area contributed by atoms with Gasteiger partial charge in [-0.15, -0.1) is 0 Å². The molecule has 0 aliphatic rings. The fourth-order valence-corrected chi connectivity index (χ4v) is 1.13. The van der Waals surface area contributed by atoms with E-state index >= 15 is 0 Å². The average Bonchev–Trinajstić information content (AvgIpc) is 1.78. The molecule has 0 unspecified atom stereocenters. The van der Waals surface area contributed by atoms with Gasteiger partial charge in [0.25, 0.3) is 0 Å². The summed E-state index contributed by atoms with van der Waals surface area (Å²) in [5, 5.41) is 8.27. The molecule has 4 nitrogen and oxygen atoms in total.